The molecule has 26 heavy (non-hydrogen) atoms. The number of likely N-dealkylation sites (tertiary alicyclic amines) is 1. The van der Waals surface area contributed by atoms with Crippen molar-refractivity contribution in [2.24, 2.45) is 0 Å². The molecule has 6 heteroatoms. The zero-order valence-electron chi connectivity index (χ0n) is 14.6. The van der Waals surface area contributed by atoms with E-state index in [-0.39, 0.29) is 12.0 Å². The molecule has 0 aliphatic carbocycles. The molecule has 0 bridgehead atoms. The molecule has 4 rings (SSSR count). The van der Waals surface area contributed by atoms with Gasteiger partial charge in [-0.1, -0.05) is 0 Å². The molecule has 3 heterocycles. The van der Waals surface area contributed by atoms with E-state index in [4.69, 9.17) is 4.74 Å². The first-order chi connectivity index (χ1) is 12.7. The number of hydrogen-bond acceptors (Lipinski definition) is 4. The molecular weight excluding hydrogens is 328 g/mol. The van der Waals surface area contributed by atoms with Crippen LogP contribution in [-0.2, 0) is 0 Å². The van der Waals surface area contributed by atoms with Crippen LogP contribution in [0.3, 0.4) is 0 Å². The smallest absolute Gasteiger partial charge is 0.253 e. The van der Waals surface area contributed by atoms with Gasteiger partial charge in [0.1, 0.15) is 6.10 Å². The standard InChI is InChI=1S/C20H20N4O2/c1-15-4-9-19(22-21-15)26-18-10-13-24(14-18)20(25)16-5-7-17(8-6-16)23-11-2-3-12-23/h2-9,11-12,18H,10,13-14H2,1H3. The first kappa shape index (κ1) is 16.3. The third-order valence-electron chi connectivity index (χ3n) is 4.51. The van der Waals surface area contributed by atoms with Crippen molar-refractivity contribution >= 4 is 5.91 Å². The third kappa shape index (κ3) is 3.44. The highest BCUT2D eigenvalue weighted by Crippen LogP contribution is 2.19. The maximum atomic E-state index is 12.7. The van der Waals surface area contributed by atoms with Gasteiger partial charge in [0, 0.05) is 42.7 Å². The Morgan fingerprint density at radius 2 is 1.85 bits per heavy atom. The van der Waals surface area contributed by atoms with E-state index in [1.807, 2.05) is 77.3 Å². The number of aromatic nitrogens is 3. The lowest BCUT2D eigenvalue weighted by molar-refractivity contribution is 0.0771. The first-order valence-corrected chi connectivity index (χ1v) is 8.69. The van der Waals surface area contributed by atoms with Gasteiger partial charge in [0.2, 0.25) is 5.88 Å². The average molecular weight is 348 g/mol. The number of amides is 1. The van der Waals surface area contributed by atoms with Crippen LogP contribution in [0.2, 0.25) is 0 Å². The van der Waals surface area contributed by atoms with Gasteiger partial charge in [-0.15, -0.1) is 5.10 Å². The molecule has 1 aromatic carbocycles. The molecule has 1 fully saturated rings. The normalized spacial score (nSPS) is 16.7. The second-order valence-electron chi connectivity index (χ2n) is 6.43. The summed E-state index contributed by atoms with van der Waals surface area (Å²) in [6.07, 6.45) is 4.71. The summed E-state index contributed by atoms with van der Waals surface area (Å²) in [4.78, 5) is 14.6. The zero-order valence-corrected chi connectivity index (χ0v) is 14.6. The Morgan fingerprint density at radius 1 is 1.08 bits per heavy atom. The molecule has 1 unspecified atom stereocenters. The molecule has 1 aliphatic heterocycles. The van der Waals surface area contributed by atoms with Crippen LogP contribution in [0.15, 0.2) is 60.9 Å². The van der Waals surface area contributed by atoms with E-state index in [1.165, 1.54) is 0 Å². The van der Waals surface area contributed by atoms with Gasteiger partial charge >= 0.3 is 0 Å². The number of aryl methyl sites for hydroxylation is 1. The predicted molar refractivity (Wildman–Crippen MR) is 97.5 cm³/mol. The highest BCUT2D eigenvalue weighted by atomic mass is 16.5. The number of benzene rings is 1. The molecule has 0 N–H and O–H groups in total. The van der Waals surface area contributed by atoms with Crippen molar-refractivity contribution in [3.05, 3.63) is 72.2 Å². The molecule has 6 nitrogen and oxygen atoms in total. The predicted octanol–water partition coefficient (Wildman–Crippen LogP) is 2.87. The Kier molecular flexibility index (Phi) is 4.39. The van der Waals surface area contributed by atoms with Crippen LogP contribution in [0.4, 0.5) is 0 Å². The minimum absolute atomic E-state index is 0.0325. The Morgan fingerprint density at radius 3 is 2.54 bits per heavy atom. The lowest BCUT2D eigenvalue weighted by Gasteiger charge is -2.17. The third-order valence-corrected chi connectivity index (χ3v) is 4.51. The topological polar surface area (TPSA) is 60.2 Å². The van der Waals surface area contributed by atoms with Gasteiger partial charge in [-0.3, -0.25) is 4.79 Å². The second kappa shape index (κ2) is 7.00. The van der Waals surface area contributed by atoms with Crippen molar-refractivity contribution in [1.29, 1.82) is 0 Å². The molecular formula is C20H20N4O2. The van der Waals surface area contributed by atoms with Crippen molar-refractivity contribution in [2.45, 2.75) is 19.4 Å². The highest BCUT2D eigenvalue weighted by Gasteiger charge is 2.28. The summed E-state index contributed by atoms with van der Waals surface area (Å²) < 4.78 is 7.85. The molecule has 1 atom stereocenters. The largest absolute Gasteiger partial charge is 0.471 e. The Bertz CT molecular complexity index is 873. The van der Waals surface area contributed by atoms with Crippen LogP contribution in [0.5, 0.6) is 5.88 Å². The fourth-order valence-corrected chi connectivity index (χ4v) is 3.09. The number of carbonyl (C=O) groups excluding carboxylic acids is 1. The lowest BCUT2D eigenvalue weighted by Crippen LogP contribution is -2.31. The van der Waals surface area contributed by atoms with E-state index in [0.29, 0.717) is 24.5 Å². The van der Waals surface area contributed by atoms with E-state index in [2.05, 4.69) is 10.2 Å². The average Bonchev–Trinajstić information content (AvgIpc) is 3.35. The fourth-order valence-electron chi connectivity index (χ4n) is 3.09. The van der Waals surface area contributed by atoms with Crippen molar-refractivity contribution < 1.29 is 9.53 Å². The summed E-state index contributed by atoms with van der Waals surface area (Å²) >= 11 is 0. The van der Waals surface area contributed by atoms with Gasteiger partial charge < -0.3 is 14.2 Å². The van der Waals surface area contributed by atoms with Crippen molar-refractivity contribution in [3.63, 3.8) is 0 Å². The van der Waals surface area contributed by atoms with Crippen LogP contribution >= 0.6 is 0 Å². The zero-order chi connectivity index (χ0) is 17.9. The summed E-state index contributed by atoms with van der Waals surface area (Å²) in [5.74, 6) is 0.538. The Hall–Kier alpha value is -3.15. The summed E-state index contributed by atoms with van der Waals surface area (Å²) in [6, 6.07) is 15.3. The monoisotopic (exact) mass is 348 g/mol. The van der Waals surface area contributed by atoms with E-state index in [0.717, 1.165) is 17.8 Å². The van der Waals surface area contributed by atoms with Gasteiger partial charge in [0.15, 0.2) is 0 Å². The maximum Gasteiger partial charge on any atom is 0.253 e. The van der Waals surface area contributed by atoms with Gasteiger partial charge in [0.05, 0.1) is 12.2 Å². The van der Waals surface area contributed by atoms with E-state index in [9.17, 15) is 4.79 Å². The minimum atomic E-state index is -0.0462. The second-order valence-corrected chi connectivity index (χ2v) is 6.43. The lowest BCUT2D eigenvalue weighted by atomic mass is 10.2. The van der Waals surface area contributed by atoms with Gasteiger partial charge in [-0.25, -0.2) is 0 Å². The molecule has 1 saturated heterocycles. The number of hydrogen-bond donors (Lipinski definition) is 0. The molecule has 132 valence electrons. The van der Waals surface area contributed by atoms with Crippen LogP contribution in [0.1, 0.15) is 22.5 Å². The van der Waals surface area contributed by atoms with Crippen LogP contribution in [0.25, 0.3) is 5.69 Å². The maximum absolute atomic E-state index is 12.7. The van der Waals surface area contributed by atoms with Gasteiger partial charge in [-0.2, -0.15) is 5.10 Å². The molecule has 3 aromatic rings. The quantitative estimate of drug-likeness (QED) is 0.727. The van der Waals surface area contributed by atoms with Crippen LogP contribution < -0.4 is 4.74 Å². The number of rotatable bonds is 4. The molecule has 2 aromatic heterocycles. The summed E-state index contributed by atoms with van der Waals surface area (Å²) in [5.41, 5.74) is 2.58. The Balaban J connectivity index is 1.38. The number of ether oxygens (including phenoxy) is 1. The summed E-state index contributed by atoms with van der Waals surface area (Å²) in [7, 11) is 0. The minimum Gasteiger partial charge on any atom is -0.471 e. The van der Waals surface area contributed by atoms with Gasteiger partial charge in [-0.05, 0) is 49.4 Å². The fraction of sp³-hybridized carbons (Fsp3) is 0.250. The number of carbonyl (C=O) groups is 1. The molecule has 0 radical (unpaired) electrons. The number of nitrogens with zero attached hydrogens (tertiary/aromatic N) is 4. The SMILES string of the molecule is Cc1ccc(OC2CCN(C(=O)c3ccc(-n4cccc4)cc3)C2)nn1. The highest BCUT2D eigenvalue weighted by molar-refractivity contribution is 5.94. The Labute approximate surface area is 152 Å². The van der Waals surface area contributed by atoms with Crippen molar-refractivity contribution in [3.8, 4) is 11.6 Å². The molecule has 0 spiro atoms. The van der Waals surface area contributed by atoms with E-state index < -0.39 is 0 Å². The molecule has 0 saturated carbocycles. The molecule has 1 amide bonds. The van der Waals surface area contributed by atoms with Crippen molar-refractivity contribution in [2.75, 3.05) is 13.1 Å². The first-order valence-electron chi connectivity index (χ1n) is 8.69. The van der Waals surface area contributed by atoms with E-state index in [1.54, 1.807) is 0 Å². The van der Waals surface area contributed by atoms with Crippen LogP contribution in [0, 0.1) is 6.92 Å². The van der Waals surface area contributed by atoms with Gasteiger partial charge in [0.25, 0.3) is 5.91 Å². The summed E-state index contributed by atoms with van der Waals surface area (Å²) in [5, 5.41) is 8.02. The molecule has 1 aliphatic rings. The summed E-state index contributed by atoms with van der Waals surface area (Å²) in [6.45, 7) is 3.13. The van der Waals surface area contributed by atoms with Crippen molar-refractivity contribution in [1.82, 2.24) is 19.7 Å². The van der Waals surface area contributed by atoms with Crippen LogP contribution in [-0.4, -0.2) is 44.8 Å². The van der Waals surface area contributed by atoms with E-state index >= 15 is 0 Å².